The van der Waals surface area contributed by atoms with Crippen molar-refractivity contribution in [3.8, 4) is 0 Å². The molecule has 0 saturated carbocycles. The van der Waals surface area contributed by atoms with Gasteiger partial charge in [0.1, 0.15) is 0 Å². The molecule has 0 atom stereocenters. The zero-order chi connectivity index (χ0) is 7.41. The second-order valence-corrected chi connectivity index (χ2v) is 0.548. The van der Waals surface area contributed by atoms with Crippen LogP contribution in [0, 0.1) is 0 Å². The summed E-state index contributed by atoms with van der Waals surface area (Å²) in [5.41, 5.74) is 0. The summed E-state index contributed by atoms with van der Waals surface area (Å²) in [6, 6.07) is 0. The topological polar surface area (TPSA) is 44.6 Å². The summed E-state index contributed by atoms with van der Waals surface area (Å²) in [5.74, 6) is 0. The Labute approximate surface area is 66.0 Å². The maximum absolute atomic E-state index is 9.38. The van der Waals surface area contributed by atoms with Gasteiger partial charge in [0.05, 0.1) is 0 Å². The van der Waals surface area contributed by atoms with Crippen molar-refractivity contribution in [3.63, 3.8) is 0 Å². The van der Waals surface area contributed by atoms with Crippen LogP contribution < -0.4 is 0 Å². The predicted octanol–water partition coefficient (Wildman–Crippen LogP) is 1.73. The molecule has 0 aromatic heterocycles. The van der Waals surface area contributed by atoms with Gasteiger partial charge in [0.15, 0.2) is 0 Å². The summed E-state index contributed by atoms with van der Waals surface area (Å²) < 4.78 is 9.38. The smallest absolute Gasteiger partial charge is 0.0548 e. The third-order valence-corrected chi connectivity index (χ3v) is 0. The molecule has 0 bridgehead atoms. The summed E-state index contributed by atoms with van der Waals surface area (Å²) in [6.45, 7) is 0. The fourth-order valence-electron chi connectivity index (χ4n) is 0. The van der Waals surface area contributed by atoms with E-state index in [0.717, 1.165) is 16.7 Å². The van der Waals surface area contributed by atoms with Gasteiger partial charge in [-0.25, -0.2) is 0 Å². The van der Waals surface area contributed by atoms with Gasteiger partial charge in [-0.2, -0.15) is 10.3 Å². The number of nitrogens with zero attached hydrogens (tertiary/aromatic N) is 2. The van der Waals surface area contributed by atoms with Gasteiger partial charge in [-0.15, -0.1) is 0 Å². The number of isothiocyanates is 2. The summed E-state index contributed by atoms with van der Waals surface area (Å²) in [5, 5.41) is 16.9. The molecule has 0 aromatic rings. The third kappa shape index (κ3) is 39800. The molecule has 0 fully saturated rings. The van der Waals surface area contributed by atoms with Crippen LogP contribution in [0.5, 0.6) is 0 Å². The van der Waals surface area contributed by atoms with E-state index in [0.29, 0.717) is 0 Å². The zero-order valence-electron chi connectivity index (χ0n) is 3.50. The van der Waals surface area contributed by atoms with Gasteiger partial charge in [0.25, 0.3) is 0 Å². The average Bonchev–Trinajstić information content (AvgIpc) is 1.75. The summed E-state index contributed by atoms with van der Waals surface area (Å²) in [4.78, 5) is 0. The van der Waals surface area contributed by atoms with E-state index < -0.39 is 0 Å². The number of thiocarbonyl (C=S) groups is 2. The molecule has 0 heterocycles. The van der Waals surface area contributed by atoms with E-state index in [2.05, 4.69) is 24.4 Å². The number of hydrogen-bond acceptors (Lipinski definition) is 2. The molecule has 6 heteroatoms. The van der Waals surface area contributed by atoms with Gasteiger partial charge >= 0.3 is 20.3 Å². The minimum absolute atomic E-state index is 1.12. The van der Waals surface area contributed by atoms with Crippen LogP contribution in [-0.4, -0.2) is 10.3 Å². The largest absolute Gasteiger partial charge is 0.753 e. The molecule has 0 saturated heterocycles. The maximum Gasteiger partial charge on any atom is -0.0548 e. The zero-order valence-corrected chi connectivity index (χ0v) is 6.41. The quantitative estimate of drug-likeness (QED) is 0.428. The second-order valence-electron chi connectivity index (χ2n) is 0.183. The van der Waals surface area contributed by atoms with Crippen molar-refractivity contribution in [2.45, 2.75) is 0 Å². The fourth-order valence-corrected chi connectivity index (χ4v) is 0. The standard InChI is InChI=1S/2CNS.Cr.FH/c2*2-1-3;;/h;;;1H/q2*-1;+3;/p-1. The van der Waals surface area contributed by atoms with E-state index in [1.807, 2.05) is 0 Å². The Morgan fingerprint density at radius 2 is 1.12 bits per heavy atom. The van der Waals surface area contributed by atoms with Gasteiger partial charge in [-0.1, -0.05) is 24.4 Å². The molecule has 0 N–H and O–H groups in total. The van der Waals surface area contributed by atoms with E-state index in [4.69, 9.17) is 10.8 Å². The number of halogens is 1. The first-order valence-electron chi connectivity index (χ1n) is 1.01. The molecule has 0 rings (SSSR count). The Hall–Kier alpha value is 0.0625. The van der Waals surface area contributed by atoms with Crippen molar-refractivity contribution in [1.29, 1.82) is 0 Å². The minimum atomic E-state index is 1.12. The van der Waals surface area contributed by atoms with Crippen molar-refractivity contribution >= 4 is 34.8 Å². The molecule has 0 unspecified atom stereocenters. The minimum Gasteiger partial charge on any atom is -0.753 e. The van der Waals surface area contributed by atoms with Crippen molar-refractivity contribution in [2.24, 2.45) is 0 Å². The van der Waals surface area contributed by atoms with Crippen LogP contribution >= 0.6 is 24.4 Å². The van der Waals surface area contributed by atoms with Gasteiger partial charge in [0, 0.05) is 0 Å². The molecule has 0 spiro atoms. The van der Waals surface area contributed by atoms with Crippen molar-refractivity contribution in [1.82, 2.24) is 0 Å². The van der Waals surface area contributed by atoms with Crippen LogP contribution in [0.25, 0.3) is 10.8 Å². The van der Waals surface area contributed by atoms with Crippen LogP contribution in [0.4, 0.5) is 3.52 Å². The molecule has 0 amide bonds. The molecule has 2 nitrogen and oxygen atoms in total. The van der Waals surface area contributed by atoms with Crippen LogP contribution in [0.3, 0.4) is 0 Å². The molecule has 0 radical (unpaired) electrons. The van der Waals surface area contributed by atoms with Gasteiger partial charge in [-0.3, -0.25) is 0 Å². The van der Waals surface area contributed by atoms with E-state index in [-0.39, 0.29) is 0 Å². The predicted molar refractivity (Wildman–Crippen MR) is 33.0 cm³/mol. The van der Waals surface area contributed by atoms with E-state index in [9.17, 15) is 3.52 Å². The van der Waals surface area contributed by atoms with Gasteiger partial charge in [-0.05, 0) is 0 Å². The monoisotopic (exact) mass is 187 g/mol. The normalized spacial score (nSPS) is 2.50. The summed E-state index contributed by atoms with van der Waals surface area (Å²) in [6.07, 6.45) is 0. The first-order valence-corrected chi connectivity index (χ1v) is 2.31. The Balaban J connectivity index is -0.0000000483. The fraction of sp³-hybridized carbons (Fsp3) is 0. The van der Waals surface area contributed by atoms with E-state index >= 15 is 0 Å². The molecule has 8 heavy (non-hydrogen) atoms. The molecular weight excluding hydrogens is 187 g/mol. The van der Waals surface area contributed by atoms with E-state index in [1.54, 1.807) is 0 Å². The Kier molecular flexibility index (Phi) is 120. The molecule has 0 aliphatic heterocycles. The molecular formula is C2CrFN2S2. The second kappa shape index (κ2) is 61.0. The van der Waals surface area contributed by atoms with Crippen LogP contribution in [0.15, 0.2) is 0 Å². The maximum atomic E-state index is 9.38. The number of hydrogen-bond donors (Lipinski definition) is 0. The first kappa shape index (κ1) is 15.7. The summed E-state index contributed by atoms with van der Waals surface area (Å²) in [7, 11) is 0. The van der Waals surface area contributed by atoms with Crippen molar-refractivity contribution < 1.29 is 20.3 Å². The van der Waals surface area contributed by atoms with Gasteiger partial charge in [0.2, 0.25) is 0 Å². The van der Waals surface area contributed by atoms with Crippen LogP contribution in [0.2, 0.25) is 0 Å². The molecule has 0 aliphatic rings. The van der Waals surface area contributed by atoms with Crippen LogP contribution in [-0.2, 0) is 16.7 Å². The number of rotatable bonds is 0. The Morgan fingerprint density at radius 3 is 1.12 bits per heavy atom. The molecule has 43 valence electrons. The van der Waals surface area contributed by atoms with Crippen molar-refractivity contribution in [2.75, 3.05) is 0 Å². The van der Waals surface area contributed by atoms with Crippen LogP contribution in [0.1, 0.15) is 0 Å². The molecule has 0 aliphatic carbocycles. The Morgan fingerprint density at radius 1 is 1.12 bits per heavy atom. The summed E-state index contributed by atoms with van der Waals surface area (Å²) >= 11 is 8.52. The third-order valence-electron chi connectivity index (χ3n) is 0. The van der Waals surface area contributed by atoms with Gasteiger partial charge < -0.3 is 10.8 Å². The van der Waals surface area contributed by atoms with Crippen molar-refractivity contribution in [3.05, 3.63) is 10.8 Å². The SMILES string of the molecule is [F][Cr+2].[N-]=C=S.[N-]=C=S. The molecule has 0 aromatic carbocycles. The average molecular weight is 187 g/mol. The Bertz CT molecular complexity index is 72.0. The first-order chi connectivity index (χ1) is 3.83. The van der Waals surface area contributed by atoms with E-state index in [1.165, 1.54) is 10.3 Å².